The number of carbonyl (C=O) groups is 1. The normalized spacial score (nSPS) is 16.2. The van der Waals surface area contributed by atoms with Gasteiger partial charge in [-0.15, -0.1) is 0 Å². The Bertz CT molecular complexity index is 842. The molecule has 0 saturated carbocycles. The molecule has 1 heterocycles. The van der Waals surface area contributed by atoms with Gasteiger partial charge in [0.1, 0.15) is 5.75 Å². The van der Waals surface area contributed by atoms with E-state index in [0.717, 1.165) is 16.2 Å². The molecule has 3 N–H and O–H groups in total. The van der Waals surface area contributed by atoms with Gasteiger partial charge in [0.2, 0.25) is 0 Å². The third kappa shape index (κ3) is 3.76. The van der Waals surface area contributed by atoms with Crippen LogP contribution in [0.2, 0.25) is 0 Å². The summed E-state index contributed by atoms with van der Waals surface area (Å²) in [5, 5.41) is 21.0. The van der Waals surface area contributed by atoms with Crippen molar-refractivity contribution in [3.05, 3.63) is 89.5 Å². The minimum Gasteiger partial charge on any atom is -0.497 e. The summed E-state index contributed by atoms with van der Waals surface area (Å²) in [7, 11) is 1.56. The number of allylic oxidation sites excluding steroid dienone is 7. The minimum absolute atomic E-state index is 0.221. The van der Waals surface area contributed by atoms with Crippen LogP contribution < -0.4 is 10.1 Å². The predicted octanol–water partition coefficient (Wildman–Crippen LogP) is 2.93. The fraction of sp³-hybridized carbons (Fsp3) is 0.0526. The van der Waals surface area contributed by atoms with E-state index < -0.39 is 0 Å². The van der Waals surface area contributed by atoms with Gasteiger partial charge in [0.25, 0.3) is 5.91 Å². The van der Waals surface area contributed by atoms with Crippen molar-refractivity contribution in [3.63, 3.8) is 0 Å². The SMILES string of the molecule is COc1ccc(C(=O)NC2=CC(=C3C=CN(O)C=C3)C=CC2=N)cc1. The Morgan fingerprint density at radius 1 is 1.08 bits per heavy atom. The van der Waals surface area contributed by atoms with Gasteiger partial charge in [0.15, 0.2) is 0 Å². The van der Waals surface area contributed by atoms with E-state index in [-0.39, 0.29) is 11.6 Å². The second-order valence-electron chi connectivity index (χ2n) is 5.41. The van der Waals surface area contributed by atoms with Crippen LogP contribution in [0.15, 0.2) is 83.9 Å². The lowest BCUT2D eigenvalue weighted by atomic mass is 9.99. The number of nitrogens with zero attached hydrogens (tertiary/aromatic N) is 1. The van der Waals surface area contributed by atoms with Gasteiger partial charge >= 0.3 is 0 Å². The van der Waals surface area contributed by atoms with Gasteiger partial charge in [-0.05, 0) is 59.7 Å². The molecule has 0 bridgehead atoms. The van der Waals surface area contributed by atoms with Gasteiger partial charge in [0.05, 0.1) is 18.5 Å². The average Bonchev–Trinajstić information content (AvgIpc) is 2.64. The summed E-state index contributed by atoms with van der Waals surface area (Å²) in [6, 6.07) is 6.75. The zero-order valence-electron chi connectivity index (χ0n) is 13.6. The maximum Gasteiger partial charge on any atom is 0.255 e. The van der Waals surface area contributed by atoms with Crippen molar-refractivity contribution in [2.24, 2.45) is 0 Å². The van der Waals surface area contributed by atoms with Crippen molar-refractivity contribution in [1.82, 2.24) is 10.4 Å². The van der Waals surface area contributed by atoms with Crippen LogP contribution in [0, 0.1) is 5.41 Å². The van der Waals surface area contributed by atoms with Crippen molar-refractivity contribution in [3.8, 4) is 5.75 Å². The topological polar surface area (TPSA) is 85.7 Å². The van der Waals surface area contributed by atoms with Crippen LogP contribution in [-0.4, -0.2) is 29.0 Å². The first-order valence-corrected chi connectivity index (χ1v) is 7.59. The number of hydrogen-bond acceptors (Lipinski definition) is 5. The van der Waals surface area contributed by atoms with E-state index in [4.69, 9.17) is 10.1 Å². The van der Waals surface area contributed by atoms with Gasteiger partial charge < -0.3 is 10.1 Å². The molecule has 126 valence electrons. The monoisotopic (exact) mass is 335 g/mol. The zero-order chi connectivity index (χ0) is 17.8. The Hall–Kier alpha value is -3.38. The molecule has 0 unspecified atom stereocenters. The summed E-state index contributed by atoms with van der Waals surface area (Å²) >= 11 is 0. The summed E-state index contributed by atoms with van der Waals surface area (Å²) < 4.78 is 5.08. The van der Waals surface area contributed by atoms with Gasteiger partial charge in [0, 0.05) is 18.0 Å². The number of methoxy groups -OCH3 is 1. The molecule has 1 aliphatic carbocycles. The zero-order valence-corrected chi connectivity index (χ0v) is 13.6. The van der Waals surface area contributed by atoms with E-state index in [1.54, 1.807) is 61.8 Å². The molecular weight excluding hydrogens is 318 g/mol. The first kappa shape index (κ1) is 16.5. The summed E-state index contributed by atoms with van der Waals surface area (Å²) in [4.78, 5) is 12.4. The van der Waals surface area contributed by atoms with Crippen LogP contribution in [-0.2, 0) is 0 Å². The number of carbonyl (C=O) groups excluding carboxylic acids is 1. The van der Waals surface area contributed by atoms with E-state index in [1.165, 1.54) is 12.4 Å². The molecule has 0 atom stereocenters. The smallest absolute Gasteiger partial charge is 0.255 e. The first-order chi connectivity index (χ1) is 12.1. The van der Waals surface area contributed by atoms with Crippen LogP contribution >= 0.6 is 0 Å². The van der Waals surface area contributed by atoms with E-state index in [1.807, 2.05) is 0 Å². The van der Waals surface area contributed by atoms with E-state index in [0.29, 0.717) is 17.0 Å². The Balaban J connectivity index is 1.81. The third-order valence-corrected chi connectivity index (χ3v) is 3.77. The van der Waals surface area contributed by atoms with Gasteiger partial charge in [-0.2, -0.15) is 0 Å². The van der Waals surface area contributed by atoms with E-state index >= 15 is 0 Å². The van der Waals surface area contributed by atoms with E-state index in [9.17, 15) is 10.0 Å². The van der Waals surface area contributed by atoms with Crippen LogP contribution in [0.3, 0.4) is 0 Å². The number of benzene rings is 1. The molecule has 6 heteroatoms. The van der Waals surface area contributed by atoms with Gasteiger partial charge in [-0.1, -0.05) is 6.08 Å². The quantitative estimate of drug-likeness (QED) is 0.793. The molecule has 2 aliphatic rings. The molecular formula is C19H17N3O3. The fourth-order valence-electron chi connectivity index (χ4n) is 2.38. The lowest BCUT2D eigenvalue weighted by molar-refractivity contribution is 0.0105. The molecule has 6 nitrogen and oxygen atoms in total. The van der Waals surface area contributed by atoms with Gasteiger partial charge in [-0.25, -0.2) is 5.06 Å². The first-order valence-electron chi connectivity index (χ1n) is 7.59. The lowest BCUT2D eigenvalue weighted by Crippen LogP contribution is -2.27. The maximum atomic E-state index is 12.4. The van der Waals surface area contributed by atoms with Crippen molar-refractivity contribution in [2.75, 3.05) is 7.11 Å². The Morgan fingerprint density at radius 3 is 2.40 bits per heavy atom. The molecule has 0 saturated heterocycles. The predicted molar refractivity (Wildman–Crippen MR) is 94.3 cm³/mol. The number of ether oxygens (including phenoxy) is 1. The summed E-state index contributed by atoms with van der Waals surface area (Å²) in [6.45, 7) is 0. The number of rotatable bonds is 3. The Kier molecular flexibility index (Phi) is 4.63. The van der Waals surface area contributed by atoms with Crippen LogP contribution in [0.25, 0.3) is 0 Å². The minimum atomic E-state index is -0.297. The number of amides is 1. The third-order valence-electron chi connectivity index (χ3n) is 3.77. The molecule has 0 spiro atoms. The Morgan fingerprint density at radius 2 is 1.76 bits per heavy atom. The van der Waals surface area contributed by atoms with Crippen LogP contribution in [0.4, 0.5) is 0 Å². The largest absolute Gasteiger partial charge is 0.497 e. The van der Waals surface area contributed by atoms with Crippen molar-refractivity contribution in [2.45, 2.75) is 0 Å². The molecule has 1 amide bonds. The standard InChI is InChI=1S/C19H17N3O3/c1-25-16-5-2-14(3-6-16)19(23)21-18-12-15(4-7-17(18)20)13-8-10-22(24)11-9-13/h2-12,20,24H,1H3,(H,21,23). The molecule has 1 aliphatic heterocycles. The van der Waals surface area contributed by atoms with Crippen molar-refractivity contribution in [1.29, 1.82) is 5.41 Å². The highest BCUT2D eigenvalue weighted by atomic mass is 16.5. The summed E-state index contributed by atoms with van der Waals surface area (Å²) in [6.07, 6.45) is 11.7. The van der Waals surface area contributed by atoms with E-state index in [2.05, 4.69) is 5.32 Å². The molecule has 0 aromatic heterocycles. The summed E-state index contributed by atoms with van der Waals surface area (Å²) in [5.74, 6) is 0.375. The van der Waals surface area contributed by atoms with Crippen LogP contribution in [0.5, 0.6) is 5.75 Å². The van der Waals surface area contributed by atoms with Gasteiger partial charge in [-0.3, -0.25) is 15.4 Å². The molecule has 3 rings (SSSR count). The Labute approximate surface area is 145 Å². The average molecular weight is 335 g/mol. The molecule has 0 fully saturated rings. The molecule has 1 aromatic rings. The highest BCUT2D eigenvalue weighted by Gasteiger charge is 2.14. The fourth-order valence-corrected chi connectivity index (χ4v) is 2.38. The number of nitrogens with one attached hydrogen (secondary N) is 2. The highest BCUT2D eigenvalue weighted by Crippen LogP contribution is 2.20. The number of hydrogen-bond donors (Lipinski definition) is 3. The molecule has 25 heavy (non-hydrogen) atoms. The summed E-state index contributed by atoms with van der Waals surface area (Å²) in [5.41, 5.74) is 2.82. The van der Waals surface area contributed by atoms with Crippen LogP contribution in [0.1, 0.15) is 10.4 Å². The van der Waals surface area contributed by atoms with Crippen molar-refractivity contribution >= 4 is 11.6 Å². The molecule has 0 radical (unpaired) electrons. The lowest BCUT2D eigenvalue weighted by Gasteiger charge is -2.16. The maximum absolute atomic E-state index is 12.4. The second-order valence-corrected chi connectivity index (χ2v) is 5.41. The molecule has 1 aromatic carbocycles. The second kappa shape index (κ2) is 7.02. The number of hydroxylamine groups is 2. The van der Waals surface area contributed by atoms with Crippen molar-refractivity contribution < 1.29 is 14.7 Å². The highest BCUT2D eigenvalue weighted by molar-refractivity contribution is 6.11.